The van der Waals surface area contributed by atoms with E-state index in [1.165, 1.54) is 25.7 Å². The molecule has 4 rings (SSSR count). The number of nitrogens with zero attached hydrogens (tertiary/aromatic N) is 5. The van der Waals surface area contributed by atoms with Crippen LogP contribution in [-0.4, -0.2) is 28.0 Å². The van der Waals surface area contributed by atoms with Gasteiger partial charge in [-0.3, -0.25) is 9.97 Å². The zero-order valence-corrected chi connectivity index (χ0v) is 16.1. The first-order valence-electron chi connectivity index (χ1n) is 9.85. The van der Waals surface area contributed by atoms with Gasteiger partial charge in [0.05, 0.1) is 34.8 Å². The van der Waals surface area contributed by atoms with Crippen molar-refractivity contribution in [2.75, 3.05) is 17.3 Å². The molecule has 0 amide bonds. The lowest BCUT2D eigenvalue weighted by Crippen LogP contribution is -2.19. The van der Waals surface area contributed by atoms with E-state index >= 15 is 0 Å². The normalized spacial score (nSPS) is 15.0. The summed E-state index contributed by atoms with van der Waals surface area (Å²) in [5.74, 6) is 0.793. The molecule has 1 N–H and O–H groups in total. The van der Waals surface area contributed by atoms with Crippen LogP contribution in [0.3, 0.4) is 0 Å². The van der Waals surface area contributed by atoms with Crippen LogP contribution in [0.15, 0.2) is 43.0 Å². The van der Waals surface area contributed by atoms with E-state index in [1.54, 1.807) is 24.8 Å². The van der Waals surface area contributed by atoms with Crippen LogP contribution in [0.1, 0.15) is 44.1 Å². The number of rotatable bonds is 4. The van der Waals surface area contributed by atoms with Crippen LogP contribution in [0.4, 0.5) is 17.2 Å². The van der Waals surface area contributed by atoms with Gasteiger partial charge in [-0.05, 0) is 31.0 Å². The summed E-state index contributed by atoms with van der Waals surface area (Å²) in [7, 11) is 1.96. The van der Waals surface area contributed by atoms with Crippen molar-refractivity contribution in [3.05, 3.63) is 48.5 Å². The highest BCUT2D eigenvalue weighted by Gasteiger charge is 2.17. The average molecular weight is 372 g/mol. The van der Waals surface area contributed by atoms with E-state index in [-0.39, 0.29) is 0 Å². The standard InChI is InChI=1S/C22H24N6/c1-28(18-9-6-10-24-14-18)21-11-19-20(15-26-21)25-13-16(12-23)22(19)27-17-7-4-2-3-5-8-17/h6,9-11,13-15,17H,2-5,7-8H2,1H3,(H,25,27). The lowest BCUT2D eigenvalue weighted by molar-refractivity contribution is 0.620. The second-order valence-electron chi connectivity index (χ2n) is 7.32. The number of hydrogen-bond acceptors (Lipinski definition) is 6. The number of nitrogens with one attached hydrogen (secondary N) is 1. The summed E-state index contributed by atoms with van der Waals surface area (Å²) in [5.41, 5.74) is 3.20. The van der Waals surface area contributed by atoms with E-state index in [9.17, 15) is 5.26 Å². The Morgan fingerprint density at radius 3 is 2.64 bits per heavy atom. The molecule has 6 nitrogen and oxygen atoms in total. The van der Waals surface area contributed by atoms with Gasteiger partial charge in [-0.1, -0.05) is 25.7 Å². The maximum atomic E-state index is 9.66. The second-order valence-corrected chi connectivity index (χ2v) is 7.32. The predicted octanol–water partition coefficient (Wildman–Crippen LogP) is 4.80. The second kappa shape index (κ2) is 8.22. The summed E-state index contributed by atoms with van der Waals surface area (Å²) in [6, 6.07) is 8.61. The molecule has 3 heterocycles. The molecule has 3 aromatic heterocycles. The Labute approximate surface area is 165 Å². The maximum Gasteiger partial charge on any atom is 0.133 e. The Hall–Kier alpha value is -3.20. The first-order chi connectivity index (χ1) is 13.8. The van der Waals surface area contributed by atoms with Gasteiger partial charge in [0.1, 0.15) is 11.9 Å². The molecule has 3 aromatic rings. The first-order valence-corrected chi connectivity index (χ1v) is 9.85. The molecule has 0 saturated heterocycles. The van der Waals surface area contributed by atoms with Gasteiger partial charge in [-0.25, -0.2) is 4.98 Å². The third-order valence-electron chi connectivity index (χ3n) is 5.44. The highest BCUT2D eigenvalue weighted by molar-refractivity contribution is 5.95. The Balaban J connectivity index is 1.75. The molecule has 1 aliphatic carbocycles. The minimum atomic E-state index is 0.396. The molecular formula is C22H24N6. The van der Waals surface area contributed by atoms with Gasteiger partial charge in [0, 0.05) is 30.9 Å². The fourth-order valence-corrected chi connectivity index (χ4v) is 3.82. The fraction of sp³-hybridized carbons (Fsp3) is 0.364. The van der Waals surface area contributed by atoms with Crippen LogP contribution in [0, 0.1) is 11.3 Å². The lowest BCUT2D eigenvalue weighted by Gasteiger charge is -2.21. The van der Waals surface area contributed by atoms with Crippen LogP contribution in [0.25, 0.3) is 10.9 Å². The number of nitriles is 1. The number of aromatic nitrogens is 3. The SMILES string of the molecule is CN(c1cccnc1)c1cc2c(NC3CCCCCC3)c(C#N)cnc2cn1. The van der Waals surface area contributed by atoms with Crippen molar-refractivity contribution < 1.29 is 0 Å². The van der Waals surface area contributed by atoms with E-state index in [0.29, 0.717) is 11.6 Å². The molecule has 0 bridgehead atoms. The van der Waals surface area contributed by atoms with Crippen molar-refractivity contribution in [2.45, 2.75) is 44.6 Å². The Bertz CT molecular complexity index is 987. The van der Waals surface area contributed by atoms with Crippen LogP contribution in [-0.2, 0) is 0 Å². The molecule has 0 spiro atoms. The van der Waals surface area contributed by atoms with Gasteiger partial charge in [0.2, 0.25) is 0 Å². The highest BCUT2D eigenvalue weighted by Crippen LogP contribution is 2.32. The van der Waals surface area contributed by atoms with E-state index in [0.717, 1.165) is 40.9 Å². The van der Waals surface area contributed by atoms with Crippen molar-refractivity contribution in [3.8, 4) is 6.07 Å². The molecule has 1 saturated carbocycles. The number of hydrogen-bond donors (Lipinski definition) is 1. The highest BCUT2D eigenvalue weighted by atomic mass is 15.2. The minimum Gasteiger partial charge on any atom is -0.381 e. The van der Waals surface area contributed by atoms with Crippen molar-refractivity contribution in [2.24, 2.45) is 0 Å². The van der Waals surface area contributed by atoms with E-state index in [1.807, 2.05) is 30.1 Å². The molecule has 0 aliphatic heterocycles. The summed E-state index contributed by atoms with van der Waals surface area (Å²) < 4.78 is 0. The molecular weight excluding hydrogens is 348 g/mol. The van der Waals surface area contributed by atoms with Crippen molar-refractivity contribution >= 4 is 28.1 Å². The monoisotopic (exact) mass is 372 g/mol. The maximum absolute atomic E-state index is 9.66. The number of pyridine rings is 3. The summed E-state index contributed by atoms with van der Waals surface area (Å²) in [5, 5.41) is 14.3. The van der Waals surface area contributed by atoms with Crippen LogP contribution < -0.4 is 10.2 Å². The lowest BCUT2D eigenvalue weighted by atomic mass is 10.1. The first kappa shape index (κ1) is 18.2. The number of fused-ring (bicyclic) bond motifs is 1. The third kappa shape index (κ3) is 3.74. The van der Waals surface area contributed by atoms with E-state index in [4.69, 9.17) is 0 Å². The molecule has 28 heavy (non-hydrogen) atoms. The molecule has 1 fully saturated rings. The largest absolute Gasteiger partial charge is 0.381 e. The summed E-state index contributed by atoms with van der Waals surface area (Å²) in [6.07, 6.45) is 14.3. The van der Waals surface area contributed by atoms with Crippen LogP contribution in [0.2, 0.25) is 0 Å². The van der Waals surface area contributed by atoms with Gasteiger partial charge >= 0.3 is 0 Å². The molecule has 6 heteroatoms. The van der Waals surface area contributed by atoms with Gasteiger partial charge in [0.25, 0.3) is 0 Å². The summed E-state index contributed by atoms with van der Waals surface area (Å²) >= 11 is 0. The Kier molecular flexibility index (Phi) is 5.34. The fourth-order valence-electron chi connectivity index (χ4n) is 3.82. The molecule has 0 atom stereocenters. The summed E-state index contributed by atoms with van der Waals surface area (Å²) in [6.45, 7) is 0. The van der Waals surface area contributed by atoms with Gasteiger partial charge in [-0.2, -0.15) is 5.26 Å². The van der Waals surface area contributed by atoms with Crippen LogP contribution >= 0.6 is 0 Å². The van der Waals surface area contributed by atoms with Gasteiger partial charge < -0.3 is 10.2 Å². The topological polar surface area (TPSA) is 77.7 Å². The van der Waals surface area contributed by atoms with Crippen molar-refractivity contribution in [1.82, 2.24) is 15.0 Å². The zero-order valence-electron chi connectivity index (χ0n) is 16.1. The molecule has 0 aromatic carbocycles. The third-order valence-corrected chi connectivity index (χ3v) is 5.44. The van der Waals surface area contributed by atoms with Crippen molar-refractivity contribution in [3.63, 3.8) is 0 Å². The summed E-state index contributed by atoms with van der Waals surface area (Å²) in [4.78, 5) is 15.2. The average Bonchev–Trinajstić information content (AvgIpc) is 3.02. The van der Waals surface area contributed by atoms with E-state index < -0.39 is 0 Å². The smallest absolute Gasteiger partial charge is 0.133 e. The Morgan fingerprint density at radius 2 is 1.93 bits per heavy atom. The molecule has 0 radical (unpaired) electrons. The molecule has 1 aliphatic rings. The van der Waals surface area contributed by atoms with Crippen LogP contribution in [0.5, 0.6) is 0 Å². The van der Waals surface area contributed by atoms with E-state index in [2.05, 4.69) is 26.3 Å². The molecule has 142 valence electrons. The quantitative estimate of drug-likeness (QED) is 0.663. The minimum absolute atomic E-state index is 0.396. The van der Waals surface area contributed by atoms with Gasteiger partial charge in [0.15, 0.2) is 0 Å². The predicted molar refractivity (Wildman–Crippen MR) is 112 cm³/mol. The van der Waals surface area contributed by atoms with Gasteiger partial charge in [-0.15, -0.1) is 0 Å². The zero-order chi connectivity index (χ0) is 19.3. The number of anilines is 3. The van der Waals surface area contributed by atoms with Crippen molar-refractivity contribution in [1.29, 1.82) is 5.26 Å². The Morgan fingerprint density at radius 1 is 1.11 bits per heavy atom. The molecule has 0 unspecified atom stereocenters.